The Labute approximate surface area is 133 Å². The predicted molar refractivity (Wildman–Crippen MR) is 83.8 cm³/mol. The molecule has 0 radical (unpaired) electrons. The van der Waals surface area contributed by atoms with E-state index in [-0.39, 0.29) is 5.56 Å². The molecule has 0 spiro atoms. The van der Waals surface area contributed by atoms with Crippen molar-refractivity contribution in [1.82, 2.24) is 10.3 Å². The van der Waals surface area contributed by atoms with Crippen LogP contribution < -0.4 is 10.6 Å². The molecule has 2 amide bonds. The molecule has 0 aliphatic rings. The molecule has 0 bridgehead atoms. The summed E-state index contributed by atoms with van der Waals surface area (Å²) < 4.78 is 0.579. The number of rotatable bonds is 4. The quantitative estimate of drug-likeness (QED) is 0.771. The highest BCUT2D eigenvalue weighted by molar-refractivity contribution is 9.10. The fourth-order valence-corrected chi connectivity index (χ4v) is 2.84. The largest absolute Gasteiger partial charge is 0.478 e. The van der Waals surface area contributed by atoms with Gasteiger partial charge in [-0.2, -0.15) is 0 Å². The van der Waals surface area contributed by atoms with Crippen LogP contribution in [0.25, 0.3) is 0 Å². The van der Waals surface area contributed by atoms with Crippen LogP contribution in [0.15, 0.2) is 28.9 Å². The lowest BCUT2D eigenvalue weighted by molar-refractivity contribution is 0.0697. The standard InChI is InChI=1S/C13H12BrN3O3S/c1-7-15-5-11(21-7)6-16-13(20)17-10-3-8(12(18)19)2-9(14)4-10/h2-5H,6H2,1H3,(H,18,19)(H2,16,17,20). The molecule has 21 heavy (non-hydrogen) atoms. The van der Waals surface area contributed by atoms with E-state index in [0.29, 0.717) is 16.7 Å². The minimum atomic E-state index is -1.06. The van der Waals surface area contributed by atoms with Gasteiger partial charge in [-0.3, -0.25) is 0 Å². The molecule has 1 aromatic carbocycles. The SMILES string of the molecule is Cc1ncc(CNC(=O)Nc2cc(Br)cc(C(=O)O)c2)s1. The molecule has 0 unspecified atom stereocenters. The topological polar surface area (TPSA) is 91.3 Å². The third-order valence-corrected chi connectivity index (χ3v) is 3.87. The summed E-state index contributed by atoms with van der Waals surface area (Å²) in [6.07, 6.45) is 1.71. The number of aromatic nitrogens is 1. The van der Waals surface area contributed by atoms with Gasteiger partial charge in [-0.05, 0) is 25.1 Å². The van der Waals surface area contributed by atoms with Crippen molar-refractivity contribution in [3.63, 3.8) is 0 Å². The van der Waals surface area contributed by atoms with Crippen LogP contribution in [0.3, 0.4) is 0 Å². The molecule has 6 nitrogen and oxygen atoms in total. The van der Waals surface area contributed by atoms with Crippen LogP contribution in [0.2, 0.25) is 0 Å². The molecular formula is C13H12BrN3O3S. The summed E-state index contributed by atoms with van der Waals surface area (Å²) in [5, 5.41) is 15.2. The van der Waals surface area contributed by atoms with Crippen molar-refractivity contribution in [3.05, 3.63) is 44.3 Å². The lowest BCUT2D eigenvalue weighted by Crippen LogP contribution is -2.27. The normalized spacial score (nSPS) is 10.2. The number of aromatic carboxylic acids is 1. The number of benzene rings is 1. The Morgan fingerprint density at radius 2 is 2.14 bits per heavy atom. The van der Waals surface area contributed by atoms with Crippen molar-refractivity contribution < 1.29 is 14.7 Å². The van der Waals surface area contributed by atoms with Crippen LogP contribution in [0, 0.1) is 6.92 Å². The predicted octanol–water partition coefficient (Wildman–Crippen LogP) is 3.23. The Morgan fingerprint density at radius 3 is 2.76 bits per heavy atom. The molecular weight excluding hydrogens is 358 g/mol. The van der Waals surface area contributed by atoms with Crippen LogP contribution in [0.1, 0.15) is 20.2 Å². The number of carbonyl (C=O) groups is 2. The number of thiazole rings is 1. The highest BCUT2D eigenvalue weighted by Crippen LogP contribution is 2.19. The molecule has 110 valence electrons. The average molecular weight is 370 g/mol. The number of carbonyl (C=O) groups excluding carboxylic acids is 1. The molecule has 0 saturated heterocycles. The van der Waals surface area contributed by atoms with Gasteiger partial charge < -0.3 is 15.7 Å². The number of nitrogens with zero attached hydrogens (tertiary/aromatic N) is 1. The average Bonchev–Trinajstić information content (AvgIpc) is 2.81. The summed E-state index contributed by atoms with van der Waals surface area (Å²) in [5.41, 5.74) is 0.498. The van der Waals surface area contributed by atoms with Crippen LogP contribution in [0.4, 0.5) is 10.5 Å². The van der Waals surface area contributed by atoms with E-state index in [2.05, 4.69) is 31.5 Å². The second-order valence-electron chi connectivity index (χ2n) is 4.19. The summed E-state index contributed by atoms with van der Waals surface area (Å²) in [6, 6.07) is 4.08. The first-order chi connectivity index (χ1) is 9.94. The summed E-state index contributed by atoms with van der Waals surface area (Å²) >= 11 is 4.71. The van der Waals surface area contributed by atoms with Crippen LogP contribution >= 0.6 is 27.3 Å². The van der Waals surface area contributed by atoms with Gasteiger partial charge in [-0.25, -0.2) is 14.6 Å². The monoisotopic (exact) mass is 369 g/mol. The molecule has 2 aromatic rings. The van der Waals surface area contributed by atoms with E-state index in [1.165, 1.54) is 23.5 Å². The Kier molecular flexibility index (Phi) is 4.92. The van der Waals surface area contributed by atoms with E-state index >= 15 is 0 Å². The molecule has 0 aliphatic heterocycles. The number of amides is 2. The number of hydrogen-bond acceptors (Lipinski definition) is 4. The lowest BCUT2D eigenvalue weighted by Gasteiger charge is -2.08. The molecule has 3 N–H and O–H groups in total. The molecule has 0 atom stereocenters. The van der Waals surface area contributed by atoms with Gasteiger partial charge in [0.1, 0.15) is 0 Å². The van der Waals surface area contributed by atoms with Crippen LogP contribution in [-0.4, -0.2) is 22.1 Å². The van der Waals surface area contributed by atoms with E-state index in [0.717, 1.165) is 9.88 Å². The highest BCUT2D eigenvalue weighted by atomic mass is 79.9. The van der Waals surface area contributed by atoms with Crippen molar-refractivity contribution in [1.29, 1.82) is 0 Å². The first kappa shape index (κ1) is 15.5. The molecule has 8 heteroatoms. The van der Waals surface area contributed by atoms with Crippen molar-refractivity contribution in [2.75, 3.05) is 5.32 Å². The minimum absolute atomic E-state index is 0.0951. The first-order valence-corrected chi connectivity index (χ1v) is 7.55. The van der Waals surface area contributed by atoms with Crippen LogP contribution in [-0.2, 0) is 6.54 Å². The summed E-state index contributed by atoms with van der Waals surface area (Å²) in [5.74, 6) is -1.06. The molecule has 1 heterocycles. The smallest absolute Gasteiger partial charge is 0.335 e. The zero-order valence-corrected chi connectivity index (χ0v) is 13.4. The van der Waals surface area contributed by atoms with Gasteiger partial charge in [-0.1, -0.05) is 15.9 Å². The van der Waals surface area contributed by atoms with Gasteiger partial charge in [0, 0.05) is 21.2 Å². The Balaban J connectivity index is 1.97. The summed E-state index contributed by atoms with van der Waals surface area (Å²) in [4.78, 5) is 27.8. The molecule has 0 saturated carbocycles. The van der Waals surface area contributed by atoms with Gasteiger partial charge >= 0.3 is 12.0 Å². The molecule has 2 rings (SSSR count). The Bertz CT molecular complexity index is 687. The Hall–Kier alpha value is -1.93. The first-order valence-electron chi connectivity index (χ1n) is 5.94. The second-order valence-corrected chi connectivity index (χ2v) is 6.42. The maximum Gasteiger partial charge on any atom is 0.335 e. The number of hydrogen-bond donors (Lipinski definition) is 3. The Morgan fingerprint density at radius 1 is 1.38 bits per heavy atom. The van der Waals surface area contributed by atoms with Gasteiger partial charge in [0.2, 0.25) is 0 Å². The van der Waals surface area contributed by atoms with Crippen molar-refractivity contribution in [3.8, 4) is 0 Å². The number of urea groups is 1. The van der Waals surface area contributed by atoms with E-state index in [4.69, 9.17) is 5.11 Å². The minimum Gasteiger partial charge on any atom is -0.478 e. The number of anilines is 1. The zero-order chi connectivity index (χ0) is 15.4. The van der Waals surface area contributed by atoms with Gasteiger partial charge in [0.25, 0.3) is 0 Å². The zero-order valence-electron chi connectivity index (χ0n) is 11.0. The van der Waals surface area contributed by atoms with E-state index < -0.39 is 12.0 Å². The van der Waals surface area contributed by atoms with E-state index in [1.54, 1.807) is 12.3 Å². The van der Waals surface area contributed by atoms with E-state index in [9.17, 15) is 9.59 Å². The number of aryl methyl sites for hydroxylation is 1. The van der Waals surface area contributed by atoms with Gasteiger partial charge in [-0.15, -0.1) is 11.3 Å². The third kappa shape index (κ3) is 4.54. The number of nitrogens with one attached hydrogen (secondary N) is 2. The number of halogens is 1. The number of carboxylic acids is 1. The van der Waals surface area contributed by atoms with Gasteiger partial charge in [0.05, 0.1) is 17.1 Å². The maximum atomic E-state index is 11.8. The number of carboxylic acid groups (broad SMARTS) is 1. The fourth-order valence-electron chi connectivity index (χ4n) is 1.62. The van der Waals surface area contributed by atoms with Crippen molar-refractivity contribution in [2.45, 2.75) is 13.5 Å². The fraction of sp³-hybridized carbons (Fsp3) is 0.154. The second kappa shape index (κ2) is 6.68. The van der Waals surface area contributed by atoms with Crippen molar-refractivity contribution in [2.24, 2.45) is 0 Å². The van der Waals surface area contributed by atoms with E-state index in [1.807, 2.05) is 6.92 Å². The third-order valence-electron chi connectivity index (χ3n) is 2.49. The maximum absolute atomic E-state index is 11.8. The molecule has 0 fully saturated rings. The molecule has 0 aliphatic carbocycles. The van der Waals surface area contributed by atoms with Crippen LogP contribution in [0.5, 0.6) is 0 Å². The van der Waals surface area contributed by atoms with Crippen molar-refractivity contribution >= 4 is 45.0 Å². The summed E-state index contributed by atoms with van der Waals surface area (Å²) in [7, 11) is 0. The van der Waals surface area contributed by atoms with Gasteiger partial charge in [0.15, 0.2) is 0 Å². The highest BCUT2D eigenvalue weighted by Gasteiger charge is 2.08. The summed E-state index contributed by atoms with van der Waals surface area (Å²) in [6.45, 7) is 2.26. The molecule has 1 aromatic heterocycles. The lowest BCUT2D eigenvalue weighted by atomic mass is 10.2.